The van der Waals surface area contributed by atoms with Crippen molar-refractivity contribution in [2.75, 3.05) is 20.7 Å². The van der Waals surface area contributed by atoms with Crippen LogP contribution in [0.25, 0.3) is 0 Å². The highest BCUT2D eigenvalue weighted by Crippen LogP contribution is 2.65. The third-order valence-corrected chi connectivity index (χ3v) is 9.24. The molecule has 0 aromatic carbocycles. The van der Waals surface area contributed by atoms with Gasteiger partial charge in [0.1, 0.15) is 0 Å². The van der Waals surface area contributed by atoms with Gasteiger partial charge in [0, 0.05) is 5.71 Å². The molecule has 6 atom stereocenters. The SMILES string of the molecule is CN(C)Cc1noc(CCO)n1.C[C@]12CCC3C(CCC4=CC(=N)CC[C@@]43C)C1CCC2O. The predicted octanol–water partition coefficient (Wildman–Crippen LogP) is 4.00. The van der Waals surface area contributed by atoms with Crippen LogP contribution in [0.3, 0.4) is 0 Å². The zero-order chi connectivity index (χ0) is 23.8. The van der Waals surface area contributed by atoms with Crippen LogP contribution in [0, 0.1) is 34.0 Å². The van der Waals surface area contributed by atoms with Gasteiger partial charge in [0.15, 0.2) is 5.82 Å². The monoisotopic (exact) mass is 458 g/mol. The Labute approximate surface area is 198 Å². The number of hydrogen-bond donors (Lipinski definition) is 3. The van der Waals surface area contributed by atoms with Crippen LogP contribution in [0.5, 0.6) is 0 Å². The minimum atomic E-state index is -0.0623. The molecule has 5 rings (SSSR count). The normalized spacial score (nSPS) is 37.5. The number of rotatable bonds is 4. The minimum Gasteiger partial charge on any atom is -0.396 e. The molecular formula is C26H42N4O3. The lowest BCUT2D eigenvalue weighted by molar-refractivity contribution is -0.0721. The van der Waals surface area contributed by atoms with Crippen LogP contribution in [0.15, 0.2) is 16.2 Å². The van der Waals surface area contributed by atoms with Crippen molar-refractivity contribution < 1.29 is 14.7 Å². The zero-order valence-electron chi connectivity index (χ0n) is 20.8. The predicted molar refractivity (Wildman–Crippen MR) is 128 cm³/mol. The molecule has 0 aliphatic heterocycles. The highest BCUT2D eigenvalue weighted by molar-refractivity contribution is 5.94. The van der Waals surface area contributed by atoms with E-state index in [9.17, 15) is 5.11 Å². The number of aromatic nitrogens is 2. The smallest absolute Gasteiger partial charge is 0.229 e. The maximum atomic E-state index is 10.5. The van der Waals surface area contributed by atoms with Gasteiger partial charge in [0.2, 0.25) is 5.89 Å². The summed E-state index contributed by atoms with van der Waals surface area (Å²) in [7, 11) is 3.87. The van der Waals surface area contributed by atoms with Crippen LogP contribution < -0.4 is 0 Å². The lowest BCUT2D eigenvalue weighted by Crippen LogP contribution is -2.51. The third kappa shape index (κ3) is 4.69. The quantitative estimate of drug-likeness (QED) is 0.630. The van der Waals surface area contributed by atoms with Crippen LogP contribution in [-0.2, 0) is 13.0 Å². The van der Waals surface area contributed by atoms with Crippen molar-refractivity contribution in [1.29, 1.82) is 5.41 Å². The molecule has 4 aliphatic carbocycles. The minimum absolute atomic E-state index is 0.0452. The summed E-state index contributed by atoms with van der Waals surface area (Å²) in [6.45, 7) is 5.55. The molecule has 0 radical (unpaired) electrons. The van der Waals surface area contributed by atoms with Crippen LogP contribution in [0.2, 0.25) is 0 Å². The topological polar surface area (TPSA) is 106 Å². The third-order valence-electron chi connectivity index (χ3n) is 9.24. The van der Waals surface area contributed by atoms with Crippen molar-refractivity contribution >= 4 is 5.71 Å². The Morgan fingerprint density at radius 1 is 1.12 bits per heavy atom. The molecule has 0 spiro atoms. The molecule has 1 aromatic rings. The van der Waals surface area contributed by atoms with Crippen molar-refractivity contribution in [3.8, 4) is 0 Å². The Hall–Kier alpha value is -1.57. The van der Waals surface area contributed by atoms with Crippen molar-refractivity contribution in [2.24, 2.45) is 28.6 Å². The second kappa shape index (κ2) is 9.59. The summed E-state index contributed by atoms with van der Waals surface area (Å²) in [5.41, 5.74) is 2.96. The van der Waals surface area contributed by atoms with E-state index in [4.69, 9.17) is 15.0 Å². The van der Waals surface area contributed by atoms with E-state index < -0.39 is 0 Å². The maximum Gasteiger partial charge on any atom is 0.229 e. The fourth-order valence-electron chi connectivity index (χ4n) is 7.39. The number of aliphatic hydroxyl groups is 2. The fourth-order valence-corrected chi connectivity index (χ4v) is 7.39. The molecular weight excluding hydrogens is 416 g/mol. The van der Waals surface area contributed by atoms with E-state index in [1.54, 1.807) is 5.57 Å². The van der Waals surface area contributed by atoms with Gasteiger partial charge in [-0.15, -0.1) is 0 Å². The lowest BCUT2D eigenvalue weighted by atomic mass is 9.47. The van der Waals surface area contributed by atoms with Crippen LogP contribution in [-0.4, -0.2) is 57.8 Å². The molecule has 7 nitrogen and oxygen atoms in total. The van der Waals surface area contributed by atoms with Gasteiger partial charge in [0.05, 0.1) is 25.7 Å². The molecule has 3 N–H and O–H groups in total. The zero-order valence-corrected chi connectivity index (χ0v) is 20.8. The van der Waals surface area contributed by atoms with E-state index in [1.807, 2.05) is 19.0 Å². The number of hydrogen-bond acceptors (Lipinski definition) is 7. The number of fused-ring (bicyclic) bond motifs is 5. The maximum absolute atomic E-state index is 10.5. The molecule has 0 bridgehead atoms. The second-order valence-electron chi connectivity index (χ2n) is 11.5. The van der Waals surface area contributed by atoms with Gasteiger partial charge >= 0.3 is 0 Å². The van der Waals surface area contributed by atoms with Gasteiger partial charge in [0.25, 0.3) is 0 Å². The summed E-state index contributed by atoms with van der Waals surface area (Å²) in [4.78, 5) is 6.01. The molecule has 7 heteroatoms. The Morgan fingerprint density at radius 3 is 2.64 bits per heavy atom. The molecule has 3 saturated carbocycles. The van der Waals surface area contributed by atoms with Crippen molar-refractivity contribution in [3.05, 3.63) is 23.4 Å². The number of aliphatic hydroxyl groups excluding tert-OH is 2. The Balaban J connectivity index is 0.000000185. The summed E-state index contributed by atoms with van der Waals surface area (Å²) in [5.74, 6) is 3.51. The van der Waals surface area contributed by atoms with E-state index >= 15 is 0 Å². The van der Waals surface area contributed by atoms with E-state index in [-0.39, 0.29) is 18.1 Å². The van der Waals surface area contributed by atoms with Gasteiger partial charge in [-0.2, -0.15) is 4.98 Å². The van der Waals surface area contributed by atoms with Gasteiger partial charge < -0.3 is 25.0 Å². The molecule has 33 heavy (non-hydrogen) atoms. The Morgan fingerprint density at radius 2 is 1.91 bits per heavy atom. The first-order valence-electron chi connectivity index (χ1n) is 12.7. The summed E-state index contributed by atoms with van der Waals surface area (Å²) >= 11 is 0. The Kier molecular flexibility index (Phi) is 7.13. The summed E-state index contributed by atoms with van der Waals surface area (Å²) < 4.78 is 4.86. The van der Waals surface area contributed by atoms with Gasteiger partial charge in [-0.3, -0.25) is 0 Å². The van der Waals surface area contributed by atoms with Crippen LogP contribution in [0.4, 0.5) is 0 Å². The van der Waals surface area contributed by atoms with E-state index in [0.717, 1.165) is 36.3 Å². The second-order valence-corrected chi connectivity index (χ2v) is 11.5. The summed E-state index contributed by atoms with van der Waals surface area (Å²) in [6.07, 6.45) is 12.0. The molecule has 1 heterocycles. The van der Waals surface area contributed by atoms with Crippen LogP contribution >= 0.6 is 0 Å². The molecule has 1 aromatic heterocycles. The standard InChI is InChI=1S/C19H29NO.C7H13N3O2/c1-18-9-7-13(20)11-12(18)3-4-14-15-5-6-17(21)19(15,2)10-8-16(14)18;1-10(2)5-6-8-7(3-4-11)12-9-6/h11,14-17,20-21H,3-10H2,1-2H3;11H,3-5H2,1-2H3/t14?,15?,16?,17?,18-,19-;/m0./s1. The average molecular weight is 459 g/mol. The number of allylic oxidation sites excluding steroid dienone is 2. The van der Waals surface area contributed by atoms with Crippen molar-refractivity contribution in [3.63, 3.8) is 0 Å². The van der Waals surface area contributed by atoms with Crippen molar-refractivity contribution in [2.45, 2.75) is 84.3 Å². The molecule has 184 valence electrons. The molecule has 4 unspecified atom stereocenters. The highest BCUT2D eigenvalue weighted by Gasteiger charge is 2.58. The number of nitrogens with zero attached hydrogens (tertiary/aromatic N) is 3. The lowest BCUT2D eigenvalue weighted by Gasteiger charge is -2.57. The fraction of sp³-hybridized carbons (Fsp3) is 0.808. The molecule has 3 fully saturated rings. The first kappa shape index (κ1) is 24.6. The highest BCUT2D eigenvalue weighted by atomic mass is 16.5. The molecule has 0 amide bonds. The average Bonchev–Trinajstić information content (AvgIpc) is 3.32. The van der Waals surface area contributed by atoms with E-state index in [1.165, 1.54) is 38.5 Å². The first-order chi connectivity index (χ1) is 15.7. The summed E-state index contributed by atoms with van der Waals surface area (Å²) in [5, 5.41) is 30.8. The van der Waals surface area contributed by atoms with Crippen LogP contribution in [0.1, 0.15) is 76.9 Å². The van der Waals surface area contributed by atoms with E-state index in [2.05, 4.69) is 30.1 Å². The van der Waals surface area contributed by atoms with Gasteiger partial charge in [-0.05, 0) is 100 Å². The summed E-state index contributed by atoms with van der Waals surface area (Å²) in [6, 6.07) is 0. The number of nitrogens with one attached hydrogen (secondary N) is 1. The Bertz CT molecular complexity index is 881. The van der Waals surface area contributed by atoms with Crippen molar-refractivity contribution in [1.82, 2.24) is 15.0 Å². The first-order valence-corrected chi connectivity index (χ1v) is 12.7. The van der Waals surface area contributed by atoms with E-state index in [0.29, 0.717) is 30.1 Å². The van der Waals surface area contributed by atoms with Gasteiger partial charge in [-0.1, -0.05) is 24.6 Å². The largest absolute Gasteiger partial charge is 0.396 e. The molecule has 4 aliphatic rings. The molecule has 0 saturated heterocycles. The van der Waals surface area contributed by atoms with Gasteiger partial charge in [-0.25, -0.2) is 0 Å².